The summed E-state index contributed by atoms with van der Waals surface area (Å²) in [5, 5.41) is 13.4. The van der Waals surface area contributed by atoms with Crippen molar-refractivity contribution in [3.63, 3.8) is 0 Å². The molecule has 1 aliphatic carbocycles. The molecule has 152 valence electrons. The highest BCUT2D eigenvalue weighted by Crippen LogP contribution is 2.36. The van der Waals surface area contributed by atoms with Crippen molar-refractivity contribution in [2.75, 3.05) is 25.1 Å². The number of rotatable bonds is 9. The number of carbonyl (C=O) groups is 3. The first kappa shape index (κ1) is 21.3. The Hall–Kier alpha value is -2.97. The van der Waals surface area contributed by atoms with Gasteiger partial charge in [0.05, 0.1) is 18.7 Å². The van der Waals surface area contributed by atoms with Gasteiger partial charge in [-0.2, -0.15) is 0 Å². The van der Waals surface area contributed by atoms with E-state index >= 15 is 0 Å². The fourth-order valence-electron chi connectivity index (χ4n) is 3.42. The molecule has 28 heavy (non-hydrogen) atoms. The smallest absolute Gasteiger partial charge is 0.307 e. The largest absolute Gasteiger partial charge is 0.492 e. The summed E-state index contributed by atoms with van der Waals surface area (Å²) in [5.74, 6) is -2.35. The molecule has 0 bridgehead atoms. The van der Waals surface area contributed by atoms with E-state index in [1.165, 1.54) is 0 Å². The molecule has 1 fully saturated rings. The molecule has 2 rings (SSSR count). The van der Waals surface area contributed by atoms with Crippen LogP contribution in [0.15, 0.2) is 24.3 Å². The fourth-order valence-corrected chi connectivity index (χ4v) is 3.42. The molecule has 0 aromatic heterocycles. The third-order valence-electron chi connectivity index (χ3n) is 4.76. The number of carbonyl (C=O) groups excluding carboxylic acids is 3. The minimum atomic E-state index is -0.741. The second-order valence-electron chi connectivity index (χ2n) is 6.78. The lowest BCUT2D eigenvalue weighted by atomic mass is 9.88. The summed E-state index contributed by atoms with van der Waals surface area (Å²) in [6.07, 6.45) is -0.0460. The van der Waals surface area contributed by atoms with Gasteiger partial charge in [-0.25, -0.2) is 0 Å². The second-order valence-corrected chi connectivity index (χ2v) is 6.78. The number of ether oxygens (including phenoxy) is 2. The van der Waals surface area contributed by atoms with Crippen molar-refractivity contribution in [3.05, 3.63) is 34.4 Å². The van der Waals surface area contributed by atoms with Crippen LogP contribution in [0.3, 0.4) is 0 Å². The molecule has 0 saturated heterocycles. The average molecular weight is 392 g/mol. The van der Waals surface area contributed by atoms with Crippen molar-refractivity contribution in [1.29, 1.82) is 0 Å². The number of nitro groups is 1. The number of ketones is 1. The monoisotopic (exact) mass is 392 g/mol. The number of benzene rings is 1. The third kappa shape index (κ3) is 5.77. The molecule has 1 amide bonds. The zero-order valence-corrected chi connectivity index (χ0v) is 15.9. The SMILES string of the molecule is CCOc1ccccc1NC(=O)COC(=O)C[C@H]1C(=O)C[C@@H](C)[C@@H]1C[N+](=O)[O-]. The Bertz CT molecular complexity index is 750. The van der Waals surface area contributed by atoms with Gasteiger partial charge in [0.2, 0.25) is 6.54 Å². The summed E-state index contributed by atoms with van der Waals surface area (Å²) in [6, 6.07) is 6.85. The number of esters is 1. The molecule has 1 aliphatic rings. The third-order valence-corrected chi connectivity index (χ3v) is 4.76. The first-order chi connectivity index (χ1) is 13.3. The van der Waals surface area contributed by atoms with Gasteiger partial charge in [-0.15, -0.1) is 0 Å². The van der Waals surface area contributed by atoms with Crippen molar-refractivity contribution in [2.24, 2.45) is 17.8 Å². The van der Waals surface area contributed by atoms with Gasteiger partial charge in [-0.05, 0) is 25.0 Å². The Morgan fingerprint density at radius 2 is 2.04 bits per heavy atom. The van der Waals surface area contributed by atoms with Gasteiger partial charge in [0, 0.05) is 23.2 Å². The van der Waals surface area contributed by atoms with E-state index in [4.69, 9.17) is 9.47 Å². The predicted octanol–water partition coefficient (Wildman–Crippen LogP) is 2.08. The molecule has 0 spiro atoms. The number of Topliss-reactive ketones (excluding diaryl/α,β-unsaturated/α-hetero) is 1. The minimum absolute atomic E-state index is 0.158. The molecule has 1 aromatic rings. The first-order valence-corrected chi connectivity index (χ1v) is 9.13. The Labute approximate surface area is 162 Å². The Morgan fingerprint density at radius 3 is 2.71 bits per heavy atom. The lowest BCUT2D eigenvalue weighted by Crippen LogP contribution is -2.28. The Balaban J connectivity index is 1.87. The van der Waals surface area contributed by atoms with Crippen LogP contribution in [-0.4, -0.2) is 42.3 Å². The van der Waals surface area contributed by atoms with E-state index in [2.05, 4.69) is 5.32 Å². The highest BCUT2D eigenvalue weighted by molar-refractivity contribution is 5.94. The zero-order valence-electron chi connectivity index (χ0n) is 15.9. The molecule has 0 heterocycles. The summed E-state index contributed by atoms with van der Waals surface area (Å²) in [6.45, 7) is 3.13. The summed E-state index contributed by atoms with van der Waals surface area (Å²) in [5.41, 5.74) is 0.455. The van der Waals surface area contributed by atoms with E-state index in [0.29, 0.717) is 18.0 Å². The van der Waals surface area contributed by atoms with Crippen molar-refractivity contribution in [1.82, 2.24) is 0 Å². The maximum absolute atomic E-state index is 12.1. The highest BCUT2D eigenvalue weighted by atomic mass is 16.6. The normalized spacial score (nSPS) is 21.2. The molecule has 0 unspecified atom stereocenters. The van der Waals surface area contributed by atoms with Crippen LogP contribution >= 0.6 is 0 Å². The average Bonchev–Trinajstić information content (AvgIpc) is 2.88. The van der Waals surface area contributed by atoms with Gasteiger partial charge in [-0.1, -0.05) is 19.1 Å². The standard InChI is InChI=1S/C19H24N2O7/c1-3-27-17-7-5-4-6-15(17)20-18(23)11-28-19(24)9-13-14(10-21(25)26)12(2)8-16(13)22/h4-7,12-14H,3,8-11H2,1-2H3,(H,20,23)/t12-,13-,14+/m1/s1. The molecule has 9 heteroatoms. The number of amides is 1. The van der Waals surface area contributed by atoms with Crippen LogP contribution in [0.25, 0.3) is 0 Å². The molecule has 1 N–H and O–H groups in total. The second kappa shape index (κ2) is 9.82. The first-order valence-electron chi connectivity index (χ1n) is 9.13. The molecule has 3 atom stereocenters. The van der Waals surface area contributed by atoms with Gasteiger partial charge in [0.15, 0.2) is 6.61 Å². The number of para-hydroxylation sites is 2. The molecular formula is C19H24N2O7. The van der Waals surface area contributed by atoms with Crippen LogP contribution in [0.4, 0.5) is 5.69 Å². The van der Waals surface area contributed by atoms with E-state index in [1.807, 2.05) is 6.92 Å². The van der Waals surface area contributed by atoms with Gasteiger partial charge in [0.1, 0.15) is 11.5 Å². The molecule has 9 nitrogen and oxygen atoms in total. The fraction of sp³-hybridized carbons (Fsp3) is 0.526. The number of nitrogens with zero attached hydrogens (tertiary/aromatic N) is 1. The number of hydrogen-bond donors (Lipinski definition) is 1. The number of hydrogen-bond acceptors (Lipinski definition) is 7. The van der Waals surface area contributed by atoms with E-state index in [9.17, 15) is 24.5 Å². The van der Waals surface area contributed by atoms with Crippen LogP contribution in [0.1, 0.15) is 26.7 Å². The zero-order chi connectivity index (χ0) is 20.7. The van der Waals surface area contributed by atoms with Crippen LogP contribution in [0, 0.1) is 27.9 Å². The topological polar surface area (TPSA) is 125 Å². The summed E-state index contributed by atoms with van der Waals surface area (Å²) >= 11 is 0. The van der Waals surface area contributed by atoms with Crippen molar-refractivity contribution >= 4 is 23.3 Å². The van der Waals surface area contributed by atoms with Crippen LogP contribution in [0.2, 0.25) is 0 Å². The number of nitrogens with one attached hydrogen (secondary N) is 1. The minimum Gasteiger partial charge on any atom is -0.492 e. The van der Waals surface area contributed by atoms with E-state index in [-0.39, 0.29) is 31.1 Å². The van der Waals surface area contributed by atoms with Crippen LogP contribution in [0.5, 0.6) is 5.75 Å². The Morgan fingerprint density at radius 1 is 1.32 bits per heavy atom. The van der Waals surface area contributed by atoms with E-state index in [0.717, 1.165) is 0 Å². The molecule has 0 aliphatic heterocycles. The molecule has 1 aromatic carbocycles. The lowest BCUT2D eigenvalue weighted by Gasteiger charge is -2.17. The quantitative estimate of drug-likeness (QED) is 0.387. The van der Waals surface area contributed by atoms with E-state index < -0.39 is 35.2 Å². The molecule has 1 saturated carbocycles. The predicted molar refractivity (Wildman–Crippen MR) is 99.4 cm³/mol. The highest BCUT2D eigenvalue weighted by Gasteiger charge is 2.44. The molecule has 0 radical (unpaired) electrons. The van der Waals surface area contributed by atoms with Gasteiger partial charge < -0.3 is 14.8 Å². The van der Waals surface area contributed by atoms with Crippen LogP contribution < -0.4 is 10.1 Å². The van der Waals surface area contributed by atoms with Crippen LogP contribution in [-0.2, 0) is 19.1 Å². The summed E-state index contributed by atoms with van der Waals surface area (Å²) in [7, 11) is 0. The van der Waals surface area contributed by atoms with E-state index in [1.54, 1.807) is 31.2 Å². The Kier molecular flexibility index (Phi) is 7.48. The maximum Gasteiger partial charge on any atom is 0.307 e. The lowest BCUT2D eigenvalue weighted by molar-refractivity contribution is -0.490. The van der Waals surface area contributed by atoms with Gasteiger partial charge in [0.25, 0.3) is 5.91 Å². The van der Waals surface area contributed by atoms with Crippen molar-refractivity contribution in [2.45, 2.75) is 26.7 Å². The summed E-state index contributed by atoms with van der Waals surface area (Å²) < 4.78 is 10.4. The van der Waals surface area contributed by atoms with Gasteiger partial charge >= 0.3 is 5.97 Å². The summed E-state index contributed by atoms with van der Waals surface area (Å²) in [4.78, 5) is 46.5. The number of anilines is 1. The van der Waals surface area contributed by atoms with Crippen molar-refractivity contribution < 1.29 is 28.8 Å². The van der Waals surface area contributed by atoms with Crippen molar-refractivity contribution in [3.8, 4) is 5.75 Å². The maximum atomic E-state index is 12.1. The van der Waals surface area contributed by atoms with Gasteiger partial charge in [-0.3, -0.25) is 24.5 Å². The molecular weight excluding hydrogens is 368 g/mol.